The van der Waals surface area contributed by atoms with E-state index in [9.17, 15) is 0 Å². The average Bonchev–Trinajstić information content (AvgIpc) is 2.62. The van der Waals surface area contributed by atoms with Crippen molar-refractivity contribution in [2.75, 3.05) is 5.73 Å². The van der Waals surface area contributed by atoms with Crippen LogP contribution in [0.3, 0.4) is 0 Å². The number of hydrogen-bond donors (Lipinski definition) is 1. The van der Waals surface area contributed by atoms with Crippen LogP contribution in [0, 0.1) is 10.5 Å². The molecule has 0 spiro atoms. The van der Waals surface area contributed by atoms with Gasteiger partial charge < -0.3 is 10.3 Å². The van der Waals surface area contributed by atoms with Crippen LogP contribution in [0.2, 0.25) is 0 Å². The quantitative estimate of drug-likeness (QED) is 0.824. The first kappa shape index (κ1) is 9.01. The van der Waals surface area contributed by atoms with E-state index >= 15 is 0 Å². The van der Waals surface area contributed by atoms with Crippen molar-refractivity contribution in [2.24, 2.45) is 0 Å². The maximum absolute atomic E-state index is 5.58. The van der Waals surface area contributed by atoms with Crippen molar-refractivity contribution in [1.82, 2.24) is 5.16 Å². The van der Waals surface area contributed by atoms with E-state index < -0.39 is 0 Å². The molecule has 0 aromatic carbocycles. The van der Waals surface area contributed by atoms with E-state index in [-0.39, 0.29) is 0 Å². The first-order valence-electron chi connectivity index (χ1n) is 3.64. The fourth-order valence-electron chi connectivity index (χ4n) is 0.995. The third kappa shape index (κ3) is 1.58. The van der Waals surface area contributed by atoms with E-state index in [4.69, 9.17) is 10.3 Å². The lowest BCUT2D eigenvalue weighted by Crippen LogP contribution is -1.85. The molecule has 0 aliphatic heterocycles. The van der Waals surface area contributed by atoms with Gasteiger partial charge >= 0.3 is 0 Å². The van der Waals surface area contributed by atoms with Crippen molar-refractivity contribution in [3.63, 3.8) is 0 Å². The summed E-state index contributed by atoms with van der Waals surface area (Å²) in [5, 5.41) is 5.78. The second kappa shape index (κ2) is 3.30. The molecule has 2 aromatic rings. The van der Waals surface area contributed by atoms with Crippen LogP contribution < -0.4 is 5.73 Å². The summed E-state index contributed by atoms with van der Waals surface area (Å²) in [4.78, 5) is 1.08. The largest absolute Gasteiger partial charge is 0.380 e. The minimum absolute atomic E-state index is 0.460. The predicted octanol–water partition coefficient (Wildman–Crippen LogP) is 2.90. The standard InChI is InChI=1S/C8H7IN2OS/c1-4-2-5(13-3-4)7-6(9)8(10)11-12-7/h2-3H,1H3,(H2,10,11). The Kier molecular flexibility index (Phi) is 2.29. The van der Waals surface area contributed by atoms with E-state index in [1.165, 1.54) is 5.56 Å². The molecule has 0 bridgehead atoms. The Morgan fingerprint density at radius 2 is 2.38 bits per heavy atom. The molecule has 68 valence electrons. The van der Waals surface area contributed by atoms with Crippen molar-refractivity contribution in [2.45, 2.75) is 6.92 Å². The number of thiophene rings is 1. The van der Waals surface area contributed by atoms with Crippen LogP contribution in [0.25, 0.3) is 10.6 Å². The van der Waals surface area contributed by atoms with Gasteiger partial charge in [0.05, 0.1) is 4.88 Å². The monoisotopic (exact) mass is 306 g/mol. The lowest BCUT2D eigenvalue weighted by atomic mass is 10.3. The summed E-state index contributed by atoms with van der Waals surface area (Å²) in [5.74, 6) is 1.23. The van der Waals surface area contributed by atoms with E-state index in [0.717, 1.165) is 14.2 Å². The third-order valence-corrected chi connectivity index (χ3v) is 3.70. The second-order valence-corrected chi connectivity index (χ2v) is 4.69. The number of aromatic nitrogens is 1. The zero-order valence-electron chi connectivity index (χ0n) is 6.87. The molecular formula is C8H7IN2OS. The second-order valence-electron chi connectivity index (χ2n) is 2.70. The van der Waals surface area contributed by atoms with Crippen LogP contribution in [-0.2, 0) is 0 Å². The highest BCUT2D eigenvalue weighted by atomic mass is 127. The molecule has 2 N–H and O–H groups in total. The molecule has 0 saturated carbocycles. The zero-order chi connectivity index (χ0) is 9.42. The van der Waals surface area contributed by atoms with E-state index in [1.807, 2.05) is 6.92 Å². The van der Waals surface area contributed by atoms with Crippen LogP contribution >= 0.6 is 33.9 Å². The number of hydrogen-bond acceptors (Lipinski definition) is 4. The molecule has 0 radical (unpaired) electrons. The molecule has 5 heteroatoms. The average molecular weight is 306 g/mol. The molecule has 2 rings (SSSR count). The van der Waals surface area contributed by atoms with Gasteiger partial charge in [0.2, 0.25) is 0 Å². The highest BCUT2D eigenvalue weighted by molar-refractivity contribution is 14.1. The Morgan fingerprint density at radius 1 is 1.62 bits per heavy atom. The van der Waals surface area contributed by atoms with Crippen LogP contribution in [0.4, 0.5) is 5.82 Å². The molecule has 0 amide bonds. The van der Waals surface area contributed by atoms with Gasteiger partial charge in [-0.3, -0.25) is 0 Å². The highest BCUT2D eigenvalue weighted by Crippen LogP contribution is 2.33. The Labute approximate surface area is 93.1 Å². The first-order valence-corrected chi connectivity index (χ1v) is 5.60. The molecule has 0 unspecified atom stereocenters. The molecule has 2 heterocycles. The highest BCUT2D eigenvalue weighted by Gasteiger charge is 2.13. The molecule has 0 aliphatic carbocycles. The Bertz CT molecular complexity index is 435. The molecule has 0 atom stereocenters. The first-order chi connectivity index (χ1) is 6.18. The molecule has 0 fully saturated rings. The summed E-state index contributed by atoms with van der Waals surface area (Å²) in [6.07, 6.45) is 0. The van der Waals surface area contributed by atoms with Gasteiger partial charge in [0.15, 0.2) is 11.6 Å². The normalized spacial score (nSPS) is 10.6. The topological polar surface area (TPSA) is 52.0 Å². The summed E-state index contributed by atoms with van der Waals surface area (Å²) >= 11 is 3.77. The molecule has 3 nitrogen and oxygen atoms in total. The van der Waals surface area contributed by atoms with Crippen LogP contribution in [0.15, 0.2) is 16.0 Å². The van der Waals surface area contributed by atoms with Gasteiger partial charge in [0.25, 0.3) is 0 Å². The minimum atomic E-state index is 0.460. The fraction of sp³-hybridized carbons (Fsp3) is 0.125. The summed E-state index contributed by atoms with van der Waals surface area (Å²) < 4.78 is 6.01. The van der Waals surface area contributed by atoms with Gasteiger partial charge in [-0.15, -0.1) is 11.3 Å². The molecule has 0 saturated heterocycles. The van der Waals surface area contributed by atoms with Crippen molar-refractivity contribution < 1.29 is 4.52 Å². The van der Waals surface area contributed by atoms with Crippen molar-refractivity contribution in [1.29, 1.82) is 0 Å². The number of nitrogens with two attached hydrogens (primary N) is 1. The number of nitrogens with zero attached hydrogens (tertiary/aromatic N) is 1. The van der Waals surface area contributed by atoms with Gasteiger partial charge in [-0.1, -0.05) is 5.16 Å². The van der Waals surface area contributed by atoms with Gasteiger partial charge in [-0.05, 0) is 46.5 Å². The fourth-order valence-corrected chi connectivity index (χ4v) is 2.55. The maximum Gasteiger partial charge on any atom is 0.192 e. The van der Waals surface area contributed by atoms with Crippen molar-refractivity contribution >= 4 is 39.7 Å². The van der Waals surface area contributed by atoms with Crippen LogP contribution in [0.1, 0.15) is 5.56 Å². The van der Waals surface area contributed by atoms with Crippen molar-refractivity contribution in [3.8, 4) is 10.6 Å². The van der Waals surface area contributed by atoms with E-state index in [2.05, 4.69) is 39.2 Å². The summed E-state index contributed by atoms with van der Waals surface area (Å²) in [5.41, 5.74) is 6.80. The van der Waals surface area contributed by atoms with Crippen LogP contribution in [-0.4, -0.2) is 5.16 Å². The predicted molar refractivity (Wildman–Crippen MR) is 61.7 cm³/mol. The van der Waals surface area contributed by atoms with Crippen molar-refractivity contribution in [3.05, 3.63) is 20.6 Å². The molecule has 0 aliphatic rings. The maximum atomic E-state index is 5.58. The Hall–Kier alpha value is -0.560. The zero-order valence-corrected chi connectivity index (χ0v) is 9.85. The number of nitrogen functional groups attached to an aromatic ring is 1. The Balaban J connectivity index is 2.52. The van der Waals surface area contributed by atoms with E-state index in [0.29, 0.717) is 5.82 Å². The lowest BCUT2D eigenvalue weighted by molar-refractivity contribution is 0.436. The summed E-state index contributed by atoms with van der Waals surface area (Å²) in [6.45, 7) is 2.05. The summed E-state index contributed by atoms with van der Waals surface area (Å²) in [6, 6.07) is 2.06. The van der Waals surface area contributed by atoms with Gasteiger partial charge in [0, 0.05) is 0 Å². The van der Waals surface area contributed by atoms with Gasteiger partial charge in [-0.25, -0.2) is 0 Å². The SMILES string of the molecule is Cc1csc(-c2onc(N)c2I)c1. The summed E-state index contributed by atoms with van der Waals surface area (Å²) in [7, 11) is 0. The number of halogens is 1. The minimum Gasteiger partial charge on any atom is -0.380 e. The van der Waals surface area contributed by atoms with Gasteiger partial charge in [-0.2, -0.15) is 0 Å². The Morgan fingerprint density at radius 3 is 2.85 bits per heavy atom. The van der Waals surface area contributed by atoms with Gasteiger partial charge in [0.1, 0.15) is 3.57 Å². The number of anilines is 1. The van der Waals surface area contributed by atoms with E-state index in [1.54, 1.807) is 11.3 Å². The van der Waals surface area contributed by atoms with Crippen LogP contribution in [0.5, 0.6) is 0 Å². The lowest BCUT2D eigenvalue weighted by Gasteiger charge is -1.88. The smallest absolute Gasteiger partial charge is 0.192 e. The molecule has 13 heavy (non-hydrogen) atoms. The molecule has 2 aromatic heterocycles. The number of aryl methyl sites for hydroxylation is 1. The number of rotatable bonds is 1. The third-order valence-electron chi connectivity index (χ3n) is 1.61. The molecular weight excluding hydrogens is 299 g/mol.